The molecule has 0 aromatic heterocycles. The van der Waals surface area contributed by atoms with E-state index in [0.717, 1.165) is 0 Å². The van der Waals surface area contributed by atoms with Crippen LogP contribution >= 0.6 is 0 Å². The van der Waals surface area contributed by atoms with Crippen LogP contribution in [-0.4, -0.2) is 78.2 Å². The van der Waals surface area contributed by atoms with E-state index in [1.54, 1.807) is 52.3 Å². The van der Waals surface area contributed by atoms with Crippen molar-refractivity contribution in [3.8, 4) is 5.75 Å². The quantitative estimate of drug-likeness (QED) is 0.633. The third-order valence-electron chi connectivity index (χ3n) is 6.12. The minimum absolute atomic E-state index is 0.0294. The Hall–Kier alpha value is -3.68. The summed E-state index contributed by atoms with van der Waals surface area (Å²) in [6, 6.07) is 13.9. The minimum atomic E-state index is -0.302. The maximum Gasteiger partial charge on any atom is 0.261 e. The summed E-state index contributed by atoms with van der Waals surface area (Å²) in [4.78, 5) is 55.4. The molecule has 33 heavy (non-hydrogen) atoms. The van der Waals surface area contributed by atoms with Gasteiger partial charge in [0, 0.05) is 39.1 Å². The summed E-state index contributed by atoms with van der Waals surface area (Å²) in [5.41, 5.74) is 1.35. The minimum Gasteiger partial charge on any atom is -0.496 e. The highest BCUT2D eigenvalue weighted by molar-refractivity contribution is 6.21. The van der Waals surface area contributed by atoms with Crippen molar-refractivity contribution >= 4 is 23.6 Å². The van der Waals surface area contributed by atoms with E-state index < -0.39 is 0 Å². The fourth-order valence-electron chi connectivity index (χ4n) is 4.35. The lowest BCUT2D eigenvalue weighted by atomic mass is 10.1. The molecule has 0 saturated carbocycles. The summed E-state index contributed by atoms with van der Waals surface area (Å²) in [5, 5.41) is 0. The van der Waals surface area contributed by atoms with Crippen LogP contribution in [0, 0.1) is 0 Å². The second-order valence-corrected chi connectivity index (χ2v) is 8.14. The highest BCUT2D eigenvalue weighted by Crippen LogP contribution is 2.23. The SMILES string of the molecule is COc1ccccc1C(=O)N1CCCN(C(=O)CCCN2C(=O)c3ccccc3C2=O)CC1. The standard InChI is InChI=1S/C25H27N3O5/c1-33-21-11-5-4-10-20(21)23(30)27-14-7-13-26(16-17-27)22(29)12-6-15-28-24(31)18-8-2-3-9-19(18)25(28)32/h2-5,8-11H,6-7,12-17H2,1H3. The maximum absolute atomic E-state index is 13.0. The molecule has 2 aliphatic heterocycles. The zero-order valence-electron chi connectivity index (χ0n) is 18.7. The molecular weight excluding hydrogens is 422 g/mol. The number of benzene rings is 2. The smallest absolute Gasteiger partial charge is 0.261 e. The number of hydrogen-bond donors (Lipinski definition) is 0. The van der Waals surface area contributed by atoms with Gasteiger partial charge in [-0.05, 0) is 37.1 Å². The molecule has 2 aromatic rings. The highest BCUT2D eigenvalue weighted by atomic mass is 16.5. The summed E-state index contributed by atoms with van der Waals surface area (Å²) in [7, 11) is 1.54. The Bertz CT molecular complexity index is 1050. The van der Waals surface area contributed by atoms with Gasteiger partial charge in [0.2, 0.25) is 5.91 Å². The first-order chi connectivity index (χ1) is 16.0. The molecule has 0 spiro atoms. The van der Waals surface area contributed by atoms with Gasteiger partial charge in [-0.25, -0.2) is 0 Å². The number of amides is 4. The molecule has 0 N–H and O–H groups in total. The van der Waals surface area contributed by atoms with Crippen LogP contribution in [0.4, 0.5) is 0 Å². The number of para-hydroxylation sites is 1. The number of rotatable bonds is 6. The van der Waals surface area contributed by atoms with Crippen molar-refractivity contribution < 1.29 is 23.9 Å². The third-order valence-corrected chi connectivity index (χ3v) is 6.12. The molecule has 0 bridgehead atoms. The molecule has 4 rings (SSSR count). The maximum atomic E-state index is 13.0. The first kappa shape index (κ1) is 22.5. The van der Waals surface area contributed by atoms with Crippen LogP contribution in [0.1, 0.15) is 50.3 Å². The molecule has 4 amide bonds. The lowest BCUT2D eigenvalue weighted by Crippen LogP contribution is -2.38. The lowest BCUT2D eigenvalue weighted by molar-refractivity contribution is -0.131. The topological polar surface area (TPSA) is 87.2 Å². The van der Waals surface area contributed by atoms with E-state index in [1.807, 2.05) is 6.07 Å². The van der Waals surface area contributed by atoms with E-state index in [0.29, 0.717) is 61.5 Å². The number of hydrogen-bond acceptors (Lipinski definition) is 5. The molecule has 2 heterocycles. The Morgan fingerprint density at radius 1 is 0.848 bits per heavy atom. The molecule has 2 aromatic carbocycles. The number of methoxy groups -OCH3 is 1. The Morgan fingerprint density at radius 2 is 1.45 bits per heavy atom. The summed E-state index contributed by atoms with van der Waals surface area (Å²) in [5.74, 6) is -0.204. The summed E-state index contributed by atoms with van der Waals surface area (Å²) >= 11 is 0. The van der Waals surface area contributed by atoms with E-state index in [-0.39, 0.29) is 36.6 Å². The molecule has 0 radical (unpaired) electrons. The second kappa shape index (κ2) is 9.85. The molecule has 8 nitrogen and oxygen atoms in total. The molecule has 2 aliphatic rings. The molecule has 0 unspecified atom stereocenters. The Morgan fingerprint density at radius 3 is 2.15 bits per heavy atom. The largest absolute Gasteiger partial charge is 0.496 e. The Labute approximate surface area is 192 Å². The van der Waals surface area contributed by atoms with Crippen LogP contribution in [0.15, 0.2) is 48.5 Å². The van der Waals surface area contributed by atoms with Gasteiger partial charge in [0.25, 0.3) is 17.7 Å². The van der Waals surface area contributed by atoms with Crippen LogP contribution in [0.3, 0.4) is 0 Å². The van der Waals surface area contributed by atoms with Crippen molar-refractivity contribution in [1.82, 2.24) is 14.7 Å². The van der Waals surface area contributed by atoms with Crippen LogP contribution < -0.4 is 4.74 Å². The lowest BCUT2D eigenvalue weighted by Gasteiger charge is -2.23. The van der Waals surface area contributed by atoms with Gasteiger partial charge in [-0.2, -0.15) is 0 Å². The third kappa shape index (κ3) is 4.60. The Kier molecular flexibility index (Phi) is 6.72. The van der Waals surface area contributed by atoms with E-state index in [1.165, 1.54) is 12.0 Å². The monoisotopic (exact) mass is 449 g/mol. The number of carbonyl (C=O) groups excluding carboxylic acids is 4. The second-order valence-electron chi connectivity index (χ2n) is 8.14. The predicted molar refractivity (Wildman–Crippen MR) is 121 cm³/mol. The van der Waals surface area contributed by atoms with Crippen molar-refractivity contribution in [3.63, 3.8) is 0 Å². The van der Waals surface area contributed by atoms with Gasteiger partial charge in [0.05, 0.1) is 23.8 Å². The number of nitrogens with zero attached hydrogens (tertiary/aromatic N) is 3. The summed E-state index contributed by atoms with van der Waals surface area (Å²) < 4.78 is 5.31. The number of fused-ring (bicyclic) bond motifs is 1. The van der Waals surface area contributed by atoms with E-state index in [9.17, 15) is 19.2 Å². The van der Waals surface area contributed by atoms with Gasteiger partial charge in [-0.15, -0.1) is 0 Å². The van der Waals surface area contributed by atoms with E-state index >= 15 is 0 Å². The molecule has 172 valence electrons. The molecule has 0 aliphatic carbocycles. The van der Waals surface area contributed by atoms with Crippen LogP contribution in [0.25, 0.3) is 0 Å². The van der Waals surface area contributed by atoms with Crippen molar-refractivity contribution in [2.75, 3.05) is 39.8 Å². The first-order valence-corrected chi connectivity index (χ1v) is 11.2. The molecular formula is C25H27N3O5. The van der Waals surface area contributed by atoms with Crippen LogP contribution in [-0.2, 0) is 4.79 Å². The molecule has 0 atom stereocenters. The predicted octanol–water partition coefficient (Wildman–Crippen LogP) is 2.45. The number of ether oxygens (including phenoxy) is 1. The van der Waals surface area contributed by atoms with Crippen molar-refractivity contribution in [2.24, 2.45) is 0 Å². The van der Waals surface area contributed by atoms with Gasteiger partial charge in [0.1, 0.15) is 5.75 Å². The zero-order valence-corrected chi connectivity index (χ0v) is 18.7. The highest BCUT2D eigenvalue weighted by Gasteiger charge is 2.34. The Balaban J connectivity index is 1.28. The van der Waals surface area contributed by atoms with Gasteiger partial charge >= 0.3 is 0 Å². The van der Waals surface area contributed by atoms with E-state index in [4.69, 9.17) is 4.74 Å². The number of imide groups is 1. The van der Waals surface area contributed by atoms with Crippen LogP contribution in [0.2, 0.25) is 0 Å². The van der Waals surface area contributed by atoms with Gasteiger partial charge < -0.3 is 14.5 Å². The average molecular weight is 450 g/mol. The molecule has 1 fully saturated rings. The van der Waals surface area contributed by atoms with Gasteiger partial charge in [0.15, 0.2) is 0 Å². The van der Waals surface area contributed by atoms with Crippen molar-refractivity contribution in [2.45, 2.75) is 19.3 Å². The number of carbonyl (C=O) groups is 4. The van der Waals surface area contributed by atoms with Crippen molar-refractivity contribution in [3.05, 3.63) is 65.2 Å². The van der Waals surface area contributed by atoms with Gasteiger partial charge in [-0.1, -0.05) is 24.3 Å². The fraction of sp³-hybridized carbons (Fsp3) is 0.360. The van der Waals surface area contributed by atoms with Crippen LogP contribution in [0.5, 0.6) is 5.75 Å². The zero-order chi connectivity index (χ0) is 23.4. The molecule has 8 heteroatoms. The van der Waals surface area contributed by atoms with Gasteiger partial charge in [-0.3, -0.25) is 24.1 Å². The fourth-order valence-corrected chi connectivity index (χ4v) is 4.35. The average Bonchev–Trinajstić information content (AvgIpc) is 3.01. The normalized spacial score (nSPS) is 16.0. The molecule has 1 saturated heterocycles. The first-order valence-electron chi connectivity index (χ1n) is 11.2. The summed E-state index contributed by atoms with van der Waals surface area (Å²) in [6.45, 7) is 2.25. The van der Waals surface area contributed by atoms with Crippen molar-refractivity contribution in [1.29, 1.82) is 0 Å². The summed E-state index contributed by atoms with van der Waals surface area (Å²) in [6.07, 6.45) is 1.34. The van der Waals surface area contributed by atoms with E-state index in [2.05, 4.69) is 0 Å².